The lowest BCUT2D eigenvalue weighted by Crippen LogP contribution is -2.26. The van der Waals surface area contributed by atoms with Crippen molar-refractivity contribution in [3.63, 3.8) is 0 Å². The van der Waals surface area contributed by atoms with Crippen LogP contribution in [-0.4, -0.2) is 12.4 Å². The van der Waals surface area contributed by atoms with E-state index in [0.717, 1.165) is 11.3 Å². The summed E-state index contributed by atoms with van der Waals surface area (Å²) in [5.41, 5.74) is 3.21. The quantitative estimate of drug-likeness (QED) is 0.815. The van der Waals surface area contributed by atoms with Gasteiger partial charge in [0.15, 0.2) is 5.78 Å². The molecule has 0 saturated heterocycles. The molecule has 0 unspecified atom stereocenters. The summed E-state index contributed by atoms with van der Waals surface area (Å²) < 4.78 is 5.55. The average Bonchev–Trinajstić information content (AvgIpc) is 2.45. The lowest BCUT2D eigenvalue weighted by Gasteiger charge is -2.16. The molecular weight excluding hydrogens is 260 g/mol. The minimum atomic E-state index is -0.359. The third-order valence-corrected chi connectivity index (χ3v) is 3.45. The lowest BCUT2D eigenvalue weighted by atomic mass is 9.91. The van der Waals surface area contributed by atoms with Gasteiger partial charge in [-0.2, -0.15) is 0 Å². The van der Waals surface area contributed by atoms with E-state index in [0.29, 0.717) is 0 Å². The minimum Gasteiger partial charge on any atom is -0.486 e. The molecule has 0 heterocycles. The number of ether oxygens (including phenoxy) is 1. The first-order valence-electron chi connectivity index (χ1n) is 7.19. The monoisotopic (exact) mass is 282 g/mol. The van der Waals surface area contributed by atoms with Crippen LogP contribution in [0.4, 0.5) is 0 Å². The maximum Gasteiger partial charge on any atom is 0.175 e. The third kappa shape index (κ3) is 4.19. The van der Waals surface area contributed by atoms with E-state index in [-0.39, 0.29) is 17.8 Å². The van der Waals surface area contributed by atoms with E-state index in [9.17, 15) is 4.79 Å². The Bertz CT molecular complexity index is 602. The van der Waals surface area contributed by atoms with Crippen molar-refractivity contribution in [1.82, 2.24) is 0 Å². The number of hydrogen-bond acceptors (Lipinski definition) is 2. The maximum atomic E-state index is 11.8. The van der Waals surface area contributed by atoms with Crippen molar-refractivity contribution in [1.29, 1.82) is 0 Å². The van der Waals surface area contributed by atoms with Gasteiger partial charge in [0, 0.05) is 5.41 Å². The van der Waals surface area contributed by atoms with Gasteiger partial charge in [-0.3, -0.25) is 4.79 Å². The van der Waals surface area contributed by atoms with Crippen LogP contribution in [0.25, 0.3) is 11.1 Å². The molecule has 0 saturated carbocycles. The molecule has 0 aliphatic heterocycles. The zero-order valence-corrected chi connectivity index (χ0v) is 13.1. The molecule has 0 radical (unpaired) electrons. The molecule has 21 heavy (non-hydrogen) atoms. The van der Waals surface area contributed by atoms with Crippen LogP contribution in [0, 0.1) is 12.3 Å². The summed E-state index contributed by atoms with van der Waals surface area (Å²) in [4.78, 5) is 11.8. The largest absolute Gasteiger partial charge is 0.486 e. The third-order valence-electron chi connectivity index (χ3n) is 3.45. The predicted octanol–water partition coefficient (Wildman–Crippen LogP) is 4.66. The maximum absolute atomic E-state index is 11.8. The number of Topliss-reactive ketones (excluding diaryl/α,β-unsaturated/α-hetero) is 1. The number of ketones is 1. The Morgan fingerprint density at radius 1 is 0.905 bits per heavy atom. The highest BCUT2D eigenvalue weighted by Crippen LogP contribution is 2.23. The van der Waals surface area contributed by atoms with Crippen LogP contribution in [0.1, 0.15) is 26.3 Å². The van der Waals surface area contributed by atoms with Crippen molar-refractivity contribution in [2.45, 2.75) is 27.7 Å². The van der Waals surface area contributed by atoms with E-state index in [1.165, 1.54) is 11.1 Å². The second-order valence-electron chi connectivity index (χ2n) is 6.35. The number of rotatable bonds is 4. The van der Waals surface area contributed by atoms with Gasteiger partial charge in [0.05, 0.1) is 0 Å². The Morgan fingerprint density at radius 3 is 1.86 bits per heavy atom. The Hall–Kier alpha value is -2.09. The van der Waals surface area contributed by atoms with Crippen molar-refractivity contribution in [3.8, 4) is 16.9 Å². The van der Waals surface area contributed by atoms with Crippen LogP contribution in [0.5, 0.6) is 5.75 Å². The number of benzene rings is 2. The Balaban J connectivity index is 2.02. The van der Waals surface area contributed by atoms with E-state index in [1.54, 1.807) is 0 Å². The van der Waals surface area contributed by atoms with E-state index in [4.69, 9.17) is 4.74 Å². The van der Waals surface area contributed by atoms with Crippen LogP contribution in [0.2, 0.25) is 0 Å². The molecule has 0 N–H and O–H groups in total. The van der Waals surface area contributed by atoms with Crippen LogP contribution >= 0.6 is 0 Å². The van der Waals surface area contributed by atoms with Crippen molar-refractivity contribution in [2.75, 3.05) is 6.61 Å². The second-order valence-corrected chi connectivity index (χ2v) is 6.35. The molecule has 2 aromatic carbocycles. The molecule has 2 rings (SSSR count). The summed E-state index contributed by atoms with van der Waals surface area (Å²) in [5, 5.41) is 0. The van der Waals surface area contributed by atoms with Gasteiger partial charge >= 0.3 is 0 Å². The summed E-state index contributed by atoms with van der Waals surface area (Å²) >= 11 is 0. The Labute approximate surface area is 126 Å². The van der Waals surface area contributed by atoms with Crippen LogP contribution in [0.3, 0.4) is 0 Å². The van der Waals surface area contributed by atoms with Gasteiger partial charge in [0.2, 0.25) is 0 Å². The van der Waals surface area contributed by atoms with Gasteiger partial charge in [0.25, 0.3) is 0 Å². The molecule has 0 aromatic heterocycles. The number of carbonyl (C=O) groups is 1. The highest BCUT2D eigenvalue weighted by molar-refractivity contribution is 5.85. The van der Waals surface area contributed by atoms with Gasteiger partial charge in [-0.15, -0.1) is 0 Å². The molecule has 0 amide bonds. The fourth-order valence-electron chi connectivity index (χ4n) is 1.86. The Kier molecular flexibility index (Phi) is 4.46. The summed E-state index contributed by atoms with van der Waals surface area (Å²) in [7, 11) is 0. The van der Waals surface area contributed by atoms with E-state index < -0.39 is 0 Å². The van der Waals surface area contributed by atoms with E-state index in [2.05, 4.69) is 31.2 Å². The van der Waals surface area contributed by atoms with Crippen LogP contribution in [0.15, 0.2) is 48.5 Å². The molecule has 0 fully saturated rings. The summed E-state index contributed by atoms with van der Waals surface area (Å²) in [6.07, 6.45) is 0. The molecule has 2 nitrogen and oxygen atoms in total. The number of aryl methyl sites for hydroxylation is 1. The zero-order chi connectivity index (χ0) is 15.5. The molecule has 0 aliphatic rings. The number of hydrogen-bond donors (Lipinski definition) is 0. The van der Waals surface area contributed by atoms with Gasteiger partial charge < -0.3 is 4.74 Å². The molecule has 0 atom stereocenters. The molecule has 0 aliphatic carbocycles. The van der Waals surface area contributed by atoms with E-state index in [1.807, 2.05) is 45.0 Å². The number of carbonyl (C=O) groups excluding carboxylic acids is 1. The highest BCUT2D eigenvalue weighted by atomic mass is 16.5. The highest BCUT2D eigenvalue weighted by Gasteiger charge is 2.21. The minimum absolute atomic E-state index is 0.102. The van der Waals surface area contributed by atoms with Gasteiger partial charge in [-0.05, 0) is 30.2 Å². The smallest absolute Gasteiger partial charge is 0.175 e. The van der Waals surface area contributed by atoms with Crippen molar-refractivity contribution >= 4 is 5.78 Å². The standard InChI is InChI=1S/C19H22O2/c1-14-5-7-15(8-6-14)16-9-11-17(12-10-16)21-13-18(20)19(2,3)4/h5-12H,13H2,1-4H3. The first kappa shape index (κ1) is 15.3. The summed E-state index contributed by atoms with van der Waals surface area (Å²) in [5.74, 6) is 0.827. The molecule has 0 spiro atoms. The van der Waals surface area contributed by atoms with Crippen molar-refractivity contribution in [3.05, 3.63) is 54.1 Å². The molecule has 2 heteroatoms. The summed E-state index contributed by atoms with van der Waals surface area (Å²) in [6.45, 7) is 7.90. The van der Waals surface area contributed by atoms with Crippen molar-refractivity contribution in [2.24, 2.45) is 5.41 Å². The van der Waals surface area contributed by atoms with Crippen molar-refractivity contribution < 1.29 is 9.53 Å². The Morgan fingerprint density at radius 2 is 1.38 bits per heavy atom. The lowest BCUT2D eigenvalue weighted by molar-refractivity contribution is -0.128. The topological polar surface area (TPSA) is 26.3 Å². The predicted molar refractivity (Wildman–Crippen MR) is 86.6 cm³/mol. The summed E-state index contributed by atoms with van der Waals surface area (Å²) in [6, 6.07) is 16.3. The fraction of sp³-hybridized carbons (Fsp3) is 0.316. The molecule has 110 valence electrons. The van der Waals surface area contributed by atoms with E-state index >= 15 is 0 Å². The van der Waals surface area contributed by atoms with Gasteiger partial charge in [-0.1, -0.05) is 62.7 Å². The van der Waals surface area contributed by atoms with Crippen LogP contribution in [-0.2, 0) is 4.79 Å². The normalized spacial score (nSPS) is 11.2. The first-order valence-corrected chi connectivity index (χ1v) is 7.19. The second kappa shape index (κ2) is 6.13. The molecule has 0 bridgehead atoms. The first-order chi connectivity index (χ1) is 9.86. The fourth-order valence-corrected chi connectivity index (χ4v) is 1.86. The van der Waals surface area contributed by atoms with Crippen LogP contribution < -0.4 is 4.74 Å². The van der Waals surface area contributed by atoms with Gasteiger partial charge in [-0.25, -0.2) is 0 Å². The molecular formula is C19H22O2. The zero-order valence-electron chi connectivity index (χ0n) is 13.1. The van der Waals surface area contributed by atoms with Gasteiger partial charge in [0.1, 0.15) is 12.4 Å². The average molecular weight is 282 g/mol. The SMILES string of the molecule is Cc1ccc(-c2ccc(OCC(=O)C(C)(C)C)cc2)cc1. The molecule has 2 aromatic rings.